The van der Waals surface area contributed by atoms with E-state index in [2.05, 4.69) is 0 Å². The molecule has 1 aromatic carbocycles. The van der Waals surface area contributed by atoms with Crippen LogP contribution in [-0.2, 0) is 14.9 Å². The Morgan fingerprint density at radius 2 is 1.75 bits per heavy atom. The van der Waals surface area contributed by atoms with E-state index in [-0.39, 0.29) is 62.7 Å². The largest absolute Gasteiger partial charge is 1.00 e. The Hall–Kier alpha value is 0.0364. The summed E-state index contributed by atoms with van der Waals surface area (Å²) in [5.74, 6) is -1.62. The van der Waals surface area contributed by atoms with Gasteiger partial charge in [-0.3, -0.25) is 10.5 Å². The van der Waals surface area contributed by atoms with Crippen molar-refractivity contribution in [3.05, 3.63) is 29.8 Å². The molecule has 0 saturated carbocycles. The number of nitrogens with one attached hydrogen (secondary N) is 1. The van der Waals surface area contributed by atoms with E-state index < -0.39 is 21.3 Å². The van der Waals surface area contributed by atoms with E-state index in [4.69, 9.17) is 10.8 Å². The molecule has 1 radical (unpaired) electrons. The summed E-state index contributed by atoms with van der Waals surface area (Å²) >= 11 is 0. The number of hydrogen-bond donors (Lipinski definition) is 1. The van der Waals surface area contributed by atoms with Crippen molar-refractivity contribution in [3.8, 4) is 5.75 Å². The maximum absolute atomic E-state index is 10.7. The van der Waals surface area contributed by atoms with Crippen LogP contribution in [0.4, 0.5) is 0 Å². The second kappa shape index (κ2) is 6.10. The van der Waals surface area contributed by atoms with Gasteiger partial charge < -0.3 is 9.66 Å². The van der Waals surface area contributed by atoms with Gasteiger partial charge in [-0.15, -0.1) is 0 Å². The van der Waals surface area contributed by atoms with Gasteiger partial charge in [0.2, 0.25) is 0 Å². The van der Waals surface area contributed by atoms with Crippen LogP contribution in [0.3, 0.4) is 0 Å². The van der Waals surface area contributed by atoms with E-state index >= 15 is 0 Å². The predicted octanol–water partition coefficient (Wildman–Crippen LogP) is -3.21. The third-order valence-corrected chi connectivity index (χ3v) is 2.79. The molecule has 16 heavy (non-hydrogen) atoms. The SMILES string of the molecule is [K+].[NH]C(=O)C(c1ccc(O)cc1)S(=O)(=O)[O-]. The van der Waals surface area contributed by atoms with E-state index in [1.54, 1.807) is 0 Å². The fourth-order valence-electron chi connectivity index (χ4n) is 1.10. The number of carbonyl (C=O) groups excluding carboxylic acids is 1. The number of phenolic OH excluding ortho intramolecular Hbond substituents is 1. The van der Waals surface area contributed by atoms with Crippen LogP contribution < -0.4 is 57.1 Å². The molecule has 0 aromatic heterocycles. The molecular formula is C8H7KNO5S. The number of amides is 1. The Labute approximate surface area is 135 Å². The zero-order valence-electron chi connectivity index (χ0n) is 8.38. The van der Waals surface area contributed by atoms with Gasteiger partial charge >= 0.3 is 51.4 Å². The van der Waals surface area contributed by atoms with Crippen molar-refractivity contribution in [2.45, 2.75) is 5.25 Å². The standard InChI is InChI=1S/C8H8NO5S.K/c9-8(11)7(15(12,13)14)5-1-3-6(10)4-2-5;/h1-4,7,9-10H,(H,12,13,14);/q;+1/p-1. The summed E-state index contributed by atoms with van der Waals surface area (Å²) in [7, 11) is -4.90. The predicted molar refractivity (Wildman–Crippen MR) is 48.6 cm³/mol. The first-order chi connectivity index (χ1) is 6.82. The maximum Gasteiger partial charge on any atom is 1.00 e. The van der Waals surface area contributed by atoms with Crippen molar-refractivity contribution in [1.29, 1.82) is 0 Å². The van der Waals surface area contributed by atoms with E-state index in [9.17, 15) is 17.8 Å². The van der Waals surface area contributed by atoms with Crippen molar-refractivity contribution in [3.63, 3.8) is 0 Å². The van der Waals surface area contributed by atoms with Crippen LogP contribution >= 0.6 is 0 Å². The molecule has 1 amide bonds. The van der Waals surface area contributed by atoms with Crippen LogP contribution in [0.5, 0.6) is 5.75 Å². The third-order valence-electron chi connectivity index (χ3n) is 1.72. The molecular weight excluding hydrogens is 261 g/mol. The number of benzene rings is 1. The minimum absolute atomic E-state index is 0. The van der Waals surface area contributed by atoms with Crippen molar-refractivity contribution < 1.29 is 74.3 Å². The number of rotatable bonds is 3. The molecule has 6 nitrogen and oxygen atoms in total. The Balaban J connectivity index is 0.00000225. The average Bonchev–Trinajstić information content (AvgIpc) is 2.05. The Bertz CT molecular complexity index is 470. The topological polar surface area (TPSA) is 118 Å². The van der Waals surface area contributed by atoms with Gasteiger partial charge in [-0.1, -0.05) is 12.1 Å². The van der Waals surface area contributed by atoms with Crippen LogP contribution in [-0.4, -0.2) is 24.0 Å². The number of aromatic hydroxyl groups is 1. The molecule has 0 aliphatic heterocycles. The molecule has 0 fully saturated rings. The number of hydrogen-bond acceptors (Lipinski definition) is 5. The summed E-state index contributed by atoms with van der Waals surface area (Å²) in [6.07, 6.45) is 0. The molecule has 8 heteroatoms. The first kappa shape index (κ1) is 16.0. The summed E-state index contributed by atoms with van der Waals surface area (Å²) in [5, 5.41) is 6.89. The van der Waals surface area contributed by atoms with Gasteiger partial charge in [-0.05, 0) is 17.7 Å². The van der Waals surface area contributed by atoms with Gasteiger partial charge in [0.25, 0.3) is 5.91 Å². The van der Waals surface area contributed by atoms with E-state index in [1.165, 1.54) is 0 Å². The monoisotopic (exact) mass is 268 g/mol. The molecule has 1 rings (SSSR count). The molecule has 2 N–H and O–H groups in total. The zero-order chi connectivity index (χ0) is 11.6. The van der Waals surface area contributed by atoms with Crippen molar-refractivity contribution >= 4 is 16.0 Å². The number of phenols is 1. The first-order valence-electron chi connectivity index (χ1n) is 3.81. The minimum atomic E-state index is -4.90. The molecule has 0 heterocycles. The second-order valence-corrected chi connectivity index (χ2v) is 4.29. The number of carbonyl (C=O) groups is 1. The van der Waals surface area contributed by atoms with E-state index in [0.717, 1.165) is 24.3 Å². The maximum atomic E-state index is 10.7. The Kier molecular flexibility index (Phi) is 6.11. The van der Waals surface area contributed by atoms with Crippen LogP contribution in [0.2, 0.25) is 0 Å². The van der Waals surface area contributed by atoms with Gasteiger partial charge in [0.1, 0.15) is 15.9 Å². The smallest absolute Gasteiger partial charge is 0.747 e. The van der Waals surface area contributed by atoms with Gasteiger partial charge in [0.15, 0.2) is 5.25 Å². The van der Waals surface area contributed by atoms with Crippen molar-refractivity contribution in [2.75, 3.05) is 0 Å². The molecule has 0 aliphatic rings. The van der Waals surface area contributed by atoms with Gasteiger partial charge in [0.05, 0.1) is 0 Å². The Morgan fingerprint density at radius 3 is 2.06 bits per heavy atom. The second-order valence-electron chi connectivity index (χ2n) is 2.83. The van der Waals surface area contributed by atoms with Crippen LogP contribution in [0.25, 0.3) is 0 Å². The molecule has 0 bridgehead atoms. The van der Waals surface area contributed by atoms with Gasteiger partial charge in [-0.25, -0.2) is 8.42 Å². The Morgan fingerprint density at radius 1 is 1.31 bits per heavy atom. The first-order valence-corrected chi connectivity index (χ1v) is 5.28. The molecule has 0 saturated heterocycles. The summed E-state index contributed by atoms with van der Waals surface area (Å²) in [6.45, 7) is 0. The van der Waals surface area contributed by atoms with Crippen molar-refractivity contribution in [2.24, 2.45) is 0 Å². The summed E-state index contributed by atoms with van der Waals surface area (Å²) in [4.78, 5) is 10.7. The molecule has 81 valence electrons. The quantitative estimate of drug-likeness (QED) is 0.457. The molecule has 1 unspecified atom stereocenters. The van der Waals surface area contributed by atoms with Crippen molar-refractivity contribution in [1.82, 2.24) is 5.73 Å². The normalized spacial score (nSPS) is 12.6. The molecule has 0 aliphatic carbocycles. The third kappa shape index (κ3) is 4.13. The minimum Gasteiger partial charge on any atom is -0.747 e. The van der Waals surface area contributed by atoms with Gasteiger partial charge in [-0.2, -0.15) is 0 Å². The summed E-state index contributed by atoms with van der Waals surface area (Å²) in [6, 6.07) is 4.50. The molecule has 0 spiro atoms. The summed E-state index contributed by atoms with van der Waals surface area (Å²) < 4.78 is 32.1. The van der Waals surface area contributed by atoms with Gasteiger partial charge in [0, 0.05) is 0 Å². The zero-order valence-corrected chi connectivity index (χ0v) is 12.3. The van der Waals surface area contributed by atoms with Crippen LogP contribution in [0, 0.1) is 0 Å². The van der Waals surface area contributed by atoms with E-state index in [1.807, 2.05) is 0 Å². The molecule has 1 aromatic rings. The average molecular weight is 268 g/mol. The van der Waals surface area contributed by atoms with E-state index in [0.29, 0.717) is 0 Å². The molecule has 1 atom stereocenters. The van der Waals surface area contributed by atoms with Crippen LogP contribution in [0.1, 0.15) is 10.8 Å². The fraction of sp³-hybridized carbons (Fsp3) is 0.125. The summed E-state index contributed by atoms with van der Waals surface area (Å²) in [5.41, 5.74) is 6.58. The van der Waals surface area contributed by atoms with Crippen LogP contribution in [0.15, 0.2) is 24.3 Å². The fourth-order valence-corrected chi connectivity index (χ4v) is 1.85.